The smallest absolute Gasteiger partial charge is 0.305 e. The van der Waals surface area contributed by atoms with Crippen LogP contribution in [0.3, 0.4) is 0 Å². The van der Waals surface area contributed by atoms with Gasteiger partial charge in [-0.25, -0.2) is 0 Å². The van der Waals surface area contributed by atoms with Crippen molar-refractivity contribution in [3.63, 3.8) is 0 Å². The van der Waals surface area contributed by atoms with Gasteiger partial charge in [-0.1, -0.05) is 68.0 Å². The summed E-state index contributed by atoms with van der Waals surface area (Å²) in [6.07, 6.45) is 10.4. The third-order valence-electron chi connectivity index (χ3n) is 2.53. The second-order valence-corrected chi connectivity index (χ2v) is 5.21. The molecule has 3 heteroatoms. The molecule has 0 saturated heterocycles. The van der Waals surface area contributed by atoms with Crippen LogP contribution in [0.25, 0.3) is 0 Å². The normalized spacial score (nSPS) is 10.4. The number of hydrogen-bond donors (Lipinski definition) is 0. The van der Waals surface area contributed by atoms with Crippen LogP contribution in [-0.2, 0) is 9.53 Å². The molecule has 0 unspecified atom stereocenters. The minimum atomic E-state index is -0.0253. The number of hydrogen-bond acceptors (Lipinski definition) is 2. The van der Waals surface area contributed by atoms with Crippen molar-refractivity contribution >= 4 is 28.6 Å². The Balaban J connectivity index is 3.05. The van der Waals surface area contributed by atoms with Gasteiger partial charge in [0.1, 0.15) is 0 Å². The van der Waals surface area contributed by atoms with Crippen molar-refractivity contribution in [2.75, 3.05) is 11.0 Å². The van der Waals surface area contributed by atoms with E-state index in [2.05, 4.69) is 29.5 Å². The SMILES string of the molecule is CCCCCCCCCOC(=O)CCCI. The molecular formula is C13H25IO2. The molecule has 96 valence electrons. The number of ether oxygens (including phenoxy) is 1. The number of halogens is 1. The van der Waals surface area contributed by atoms with Gasteiger partial charge in [-0.15, -0.1) is 0 Å². The molecular weight excluding hydrogens is 315 g/mol. The fourth-order valence-electron chi connectivity index (χ4n) is 1.53. The zero-order valence-corrected chi connectivity index (χ0v) is 12.6. The molecule has 0 N–H and O–H groups in total. The summed E-state index contributed by atoms with van der Waals surface area (Å²) in [6.45, 7) is 2.85. The van der Waals surface area contributed by atoms with E-state index in [1.165, 1.54) is 38.5 Å². The second-order valence-electron chi connectivity index (χ2n) is 4.13. The molecule has 0 saturated carbocycles. The highest BCUT2D eigenvalue weighted by Crippen LogP contribution is 2.07. The molecule has 0 aliphatic carbocycles. The Kier molecular flexibility index (Phi) is 13.4. The van der Waals surface area contributed by atoms with Gasteiger partial charge in [0.15, 0.2) is 0 Å². The van der Waals surface area contributed by atoms with Gasteiger partial charge in [-0.3, -0.25) is 4.79 Å². The van der Waals surface area contributed by atoms with Crippen molar-refractivity contribution in [1.82, 2.24) is 0 Å². The summed E-state index contributed by atoms with van der Waals surface area (Å²) in [6, 6.07) is 0. The summed E-state index contributed by atoms with van der Waals surface area (Å²) in [5.74, 6) is -0.0253. The van der Waals surface area contributed by atoms with E-state index in [0.29, 0.717) is 13.0 Å². The average Bonchev–Trinajstić information content (AvgIpc) is 2.30. The lowest BCUT2D eigenvalue weighted by Gasteiger charge is -2.04. The second kappa shape index (κ2) is 13.3. The Morgan fingerprint density at radius 3 is 2.25 bits per heavy atom. The van der Waals surface area contributed by atoms with Gasteiger partial charge in [0.05, 0.1) is 6.61 Å². The first-order chi connectivity index (χ1) is 7.81. The Morgan fingerprint density at radius 2 is 1.62 bits per heavy atom. The molecule has 0 rings (SSSR count). The Labute approximate surface area is 114 Å². The van der Waals surface area contributed by atoms with E-state index in [9.17, 15) is 4.79 Å². The van der Waals surface area contributed by atoms with Gasteiger partial charge < -0.3 is 4.74 Å². The quantitative estimate of drug-likeness (QED) is 0.240. The lowest BCUT2D eigenvalue weighted by Crippen LogP contribution is -2.05. The van der Waals surface area contributed by atoms with Crippen LogP contribution in [0.15, 0.2) is 0 Å². The molecule has 0 aliphatic heterocycles. The maximum atomic E-state index is 11.2. The molecule has 0 aromatic carbocycles. The lowest BCUT2D eigenvalue weighted by molar-refractivity contribution is -0.143. The first-order valence-corrected chi connectivity index (χ1v) is 8.05. The highest BCUT2D eigenvalue weighted by molar-refractivity contribution is 14.1. The van der Waals surface area contributed by atoms with Crippen molar-refractivity contribution in [3.8, 4) is 0 Å². The Morgan fingerprint density at radius 1 is 1.00 bits per heavy atom. The van der Waals surface area contributed by atoms with Crippen molar-refractivity contribution in [2.24, 2.45) is 0 Å². The van der Waals surface area contributed by atoms with Gasteiger partial charge in [0.25, 0.3) is 0 Å². The molecule has 0 radical (unpaired) electrons. The number of carbonyl (C=O) groups excluding carboxylic acids is 1. The van der Waals surface area contributed by atoms with Gasteiger partial charge in [-0.2, -0.15) is 0 Å². The number of alkyl halides is 1. The summed E-state index contributed by atoms with van der Waals surface area (Å²) in [7, 11) is 0. The predicted octanol–water partition coefficient (Wildman–Crippen LogP) is 4.50. The van der Waals surface area contributed by atoms with Gasteiger partial charge in [0.2, 0.25) is 0 Å². The number of esters is 1. The largest absolute Gasteiger partial charge is 0.466 e. The maximum absolute atomic E-state index is 11.2. The van der Waals surface area contributed by atoms with Crippen LogP contribution in [0.2, 0.25) is 0 Å². The topological polar surface area (TPSA) is 26.3 Å². The number of rotatable bonds is 11. The molecule has 0 aromatic rings. The highest BCUT2D eigenvalue weighted by Gasteiger charge is 2.00. The Hall–Kier alpha value is 0.200. The van der Waals surface area contributed by atoms with E-state index < -0.39 is 0 Å². The average molecular weight is 340 g/mol. The van der Waals surface area contributed by atoms with Crippen LogP contribution >= 0.6 is 22.6 Å². The third kappa shape index (κ3) is 12.3. The Bertz CT molecular complexity index is 160. The van der Waals surface area contributed by atoms with Crippen molar-refractivity contribution in [1.29, 1.82) is 0 Å². The van der Waals surface area contributed by atoms with Crippen LogP contribution in [-0.4, -0.2) is 17.0 Å². The summed E-state index contributed by atoms with van der Waals surface area (Å²) in [5.41, 5.74) is 0. The molecule has 0 amide bonds. The summed E-state index contributed by atoms with van der Waals surface area (Å²) < 4.78 is 6.16. The van der Waals surface area contributed by atoms with E-state index in [4.69, 9.17) is 4.74 Å². The fraction of sp³-hybridized carbons (Fsp3) is 0.923. The van der Waals surface area contributed by atoms with Crippen LogP contribution in [0.5, 0.6) is 0 Å². The first-order valence-electron chi connectivity index (χ1n) is 6.52. The van der Waals surface area contributed by atoms with Crippen molar-refractivity contribution < 1.29 is 9.53 Å². The van der Waals surface area contributed by atoms with Crippen LogP contribution < -0.4 is 0 Å². The molecule has 0 atom stereocenters. The molecule has 16 heavy (non-hydrogen) atoms. The van der Waals surface area contributed by atoms with E-state index in [0.717, 1.165) is 17.3 Å². The molecule has 0 fully saturated rings. The van der Waals surface area contributed by atoms with Crippen LogP contribution in [0, 0.1) is 0 Å². The highest BCUT2D eigenvalue weighted by atomic mass is 127. The molecule has 0 aromatic heterocycles. The van der Waals surface area contributed by atoms with Crippen LogP contribution in [0.1, 0.15) is 64.7 Å². The minimum absolute atomic E-state index is 0.0253. The maximum Gasteiger partial charge on any atom is 0.305 e. The van der Waals surface area contributed by atoms with E-state index in [1.54, 1.807) is 0 Å². The van der Waals surface area contributed by atoms with E-state index in [-0.39, 0.29) is 5.97 Å². The summed E-state index contributed by atoms with van der Waals surface area (Å²) in [4.78, 5) is 11.2. The zero-order valence-electron chi connectivity index (χ0n) is 10.5. The van der Waals surface area contributed by atoms with Gasteiger partial charge in [-0.05, 0) is 12.8 Å². The van der Waals surface area contributed by atoms with Gasteiger partial charge >= 0.3 is 5.97 Å². The van der Waals surface area contributed by atoms with E-state index >= 15 is 0 Å². The number of carbonyl (C=O) groups is 1. The first kappa shape index (κ1) is 16.2. The molecule has 0 heterocycles. The minimum Gasteiger partial charge on any atom is -0.466 e. The van der Waals surface area contributed by atoms with E-state index in [1.807, 2.05) is 0 Å². The molecule has 0 bridgehead atoms. The number of unbranched alkanes of at least 4 members (excludes halogenated alkanes) is 6. The zero-order chi connectivity index (χ0) is 12.1. The third-order valence-corrected chi connectivity index (χ3v) is 3.29. The molecule has 0 aliphatic rings. The lowest BCUT2D eigenvalue weighted by atomic mass is 10.1. The standard InChI is InChI=1S/C13H25IO2/c1-2-3-4-5-6-7-8-12-16-13(15)10-9-11-14/h2-12H2,1H3. The van der Waals surface area contributed by atoms with Crippen LogP contribution in [0.4, 0.5) is 0 Å². The van der Waals surface area contributed by atoms with Crippen molar-refractivity contribution in [2.45, 2.75) is 64.7 Å². The predicted molar refractivity (Wildman–Crippen MR) is 77.1 cm³/mol. The summed E-state index contributed by atoms with van der Waals surface area (Å²) in [5, 5.41) is 0. The fourth-order valence-corrected chi connectivity index (χ4v) is 1.91. The van der Waals surface area contributed by atoms with Crippen molar-refractivity contribution in [3.05, 3.63) is 0 Å². The molecule has 0 spiro atoms. The van der Waals surface area contributed by atoms with Gasteiger partial charge in [0, 0.05) is 10.8 Å². The monoisotopic (exact) mass is 340 g/mol. The molecule has 2 nitrogen and oxygen atoms in total. The summed E-state index contributed by atoms with van der Waals surface area (Å²) >= 11 is 2.28.